The first kappa shape index (κ1) is 27.2. The Balaban J connectivity index is 2.01. The number of nitrogens with one attached hydrogen (secondary N) is 1. The van der Waals surface area contributed by atoms with Gasteiger partial charge in [0.25, 0.3) is 0 Å². The first-order valence-corrected chi connectivity index (χ1v) is 13.3. The molecule has 0 amide bonds. The van der Waals surface area contributed by atoms with E-state index < -0.39 is 0 Å². The summed E-state index contributed by atoms with van der Waals surface area (Å²) < 4.78 is 0. The molecule has 0 saturated heterocycles. The summed E-state index contributed by atoms with van der Waals surface area (Å²) in [4.78, 5) is 13.8. The Bertz CT molecular complexity index is 1040. The fourth-order valence-electron chi connectivity index (χ4n) is 4.62. The SMILES string of the molecule is CCCN(CCC)Cc1cc(Nc2ccnc3cc(Cl)cnc23)cc(CN(CCC)CCC)c1O. The van der Waals surface area contributed by atoms with Crippen molar-refractivity contribution in [3.8, 4) is 5.75 Å². The second-order valence-electron chi connectivity index (χ2n) is 9.20. The van der Waals surface area contributed by atoms with Crippen molar-refractivity contribution >= 4 is 34.0 Å². The minimum absolute atomic E-state index is 0.412. The number of hydrogen-bond donors (Lipinski definition) is 2. The fraction of sp³-hybridized carbons (Fsp3) is 0.500. The normalized spacial score (nSPS) is 11.6. The van der Waals surface area contributed by atoms with E-state index in [0.29, 0.717) is 10.8 Å². The Morgan fingerprint density at radius 3 is 1.89 bits per heavy atom. The summed E-state index contributed by atoms with van der Waals surface area (Å²) in [7, 11) is 0. The Morgan fingerprint density at radius 1 is 0.829 bits per heavy atom. The fourth-order valence-corrected chi connectivity index (χ4v) is 4.77. The van der Waals surface area contributed by atoms with Crippen molar-refractivity contribution < 1.29 is 5.11 Å². The lowest BCUT2D eigenvalue weighted by Crippen LogP contribution is -2.26. The largest absolute Gasteiger partial charge is 0.507 e. The van der Waals surface area contributed by atoms with E-state index >= 15 is 0 Å². The summed E-state index contributed by atoms with van der Waals surface area (Å²) in [6, 6.07) is 7.90. The summed E-state index contributed by atoms with van der Waals surface area (Å²) in [6.07, 6.45) is 7.75. The number of hydrogen-bond acceptors (Lipinski definition) is 6. The number of halogens is 1. The van der Waals surface area contributed by atoms with Crippen LogP contribution in [-0.4, -0.2) is 51.1 Å². The molecule has 2 N–H and O–H groups in total. The maximum atomic E-state index is 11.3. The van der Waals surface area contributed by atoms with Gasteiger partial charge < -0.3 is 10.4 Å². The molecule has 0 unspecified atom stereocenters. The van der Waals surface area contributed by atoms with E-state index in [0.717, 1.165) is 98.5 Å². The molecule has 3 rings (SSSR count). The molecule has 0 spiro atoms. The highest BCUT2D eigenvalue weighted by Crippen LogP contribution is 2.33. The van der Waals surface area contributed by atoms with Crippen LogP contribution in [0.4, 0.5) is 11.4 Å². The molecular formula is C28H40ClN5O. The maximum Gasteiger partial charge on any atom is 0.124 e. The van der Waals surface area contributed by atoms with Crippen molar-refractivity contribution in [3.63, 3.8) is 0 Å². The van der Waals surface area contributed by atoms with Crippen LogP contribution in [0.2, 0.25) is 5.02 Å². The van der Waals surface area contributed by atoms with E-state index in [1.807, 2.05) is 12.1 Å². The van der Waals surface area contributed by atoms with Crippen LogP contribution in [-0.2, 0) is 13.1 Å². The molecule has 0 radical (unpaired) electrons. The van der Waals surface area contributed by atoms with Gasteiger partial charge >= 0.3 is 0 Å². The van der Waals surface area contributed by atoms with E-state index in [-0.39, 0.29) is 0 Å². The monoisotopic (exact) mass is 497 g/mol. The van der Waals surface area contributed by atoms with Gasteiger partial charge in [-0.3, -0.25) is 19.8 Å². The number of aromatic nitrogens is 2. The summed E-state index contributed by atoms with van der Waals surface area (Å²) in [5.41, 5.74) is 5.23. The average Bonchev–Trinajstić information content (AvgIpc) is 2.82. The predicted molar refractivity (Wildman–Crippen MR) is 148 cm³/mol. The number of phenols is 1. The van der Waals surface area contributed by atoms with E-state index in [1.54, 1.807) is 12.4 Å². The zero-order valence-corrected chi connectivity index (χ0v) is 22.4. The van der Waals surface area contributed by atoms with Crippen LogP contribution < -0.4 is 5.32 Å². The zero-order valence-electron chi connectivity index (χ0n) is 21.6. The van der Waals surface area contributed by atoms with Gasteiger partial charge in [0.2, 0.25) is 0 Å². The highest BCUT2D eigenvalue weighted by Gasteiger charge is 2.16. The molecule has 6 nitrogen and oxygen atoms in total. The first-order chi connectivity index (χ1) is 17.0. The predicted octanol–water partition coefficient (Wildman–Crippen LogP) is 6.98. The van der Waals surface area contributed by atoms with E-state index in [1.165, 1.54) is 0 Å². The standard InChI is InChI=1S/C28H40ClN5O/c1-5-11-33(12-6-2)19-21-15-24(16-22(28(21)35)20-34(13-7-3)14-8-4)32-25-9-10-30-26-17-23(29)18-31-27(25)26/h9-10,15-18,35H,5-8,11-14,19-20H2,1-4H3,(H,30,32). The number of rotatable bonds is 14. The van der Waals surface area contributed by atoms with Crippen LogP contribution in [0.1, 0.15) is 64.5 Å². The smallest absolute Gasteiger partial charge is 0.124 e. The summed E-state index contributed by atoms with van der Waals surface area (Å²) >= 11 is 6.13. The van der Waals surface area contributed by atoms with Crippen LogP contribution in [0.5, 0.6) is 5.75 Å². The van der Waals surface area contributed by atoms with Crippen LogP contribution in [0.15, 0.2) is 36.7 Å². The number of anilines is 2. The lowest BCUT2D eigenvalue weighted by molar-refractivity contribution is 0.255. The van der Waals surface area contributed by atoms with Crippen LogP contribution in [0, 0.1) is 0 Å². The number of pyridine rings is 2. The maximum absolute atomic E-state index is 11.3. The van der Waals surface area contributed by atoms with Gasteiger partial charge in [-0.15, -0.1) is 0 Å². The quantitative estimate of drug-likeness (QED) is 0.234. The third-order valence-electron chi connectivity index (χ3n) is 6.04. The molecule has 0 fully saturated rings. The van der Waals surface area contributed by atoms with E-state index in [4.69, 9.17) is 11.6 Å². The Kier molecular flexibility index (Phi) is 10.6. The van der Waals surface area contributed by atoms with Crippen LogP contribution in [0.25, 0.3) is 11.0 Å². The van der Waals surface area contributed by atoms with Crippen molar-refractivity contribution in [2.24, 2.45) is 0 Å². The molecule has 35 heavy (non-hydrogen) atoms. The third kappa shape index (κ3) is 7.53. The highest BCUT2D eigenvalue weighted by molar-refractivity contribution is 6.31. The lowest BCUT2D eigenvalue weighted by Gasteiger charge is -2.25. The van der Waals surface area contributed by atoms with E-state index in [2.05, 4.69) is 64.9 Å². The minimum Gasteiger partial charge on any atom is -0.507 e. The minimum atomic E-state index is 0.412. The van der Waals surface area contributed by atoms with Crippen LogP contribution >= 0.6 is 11.6 Å². The molecule has 2 aromatic heterocycles. The number of fused-ring (bicyclic) bond motifs is 1. The first-order valence-electron chi connectivity index (χ1n) is 13.0. The molecule has 3 aromatic rings. The van der Waals surface area contributed by atoms with Crippen molar-refractivity contribution in [3.05, 3.63) is 52.8 Å². The van der Waals surface area contributed by atoms with Gasteiger partial charge in [-0.25, -0.2) is 0 Å². The molecule has 0 aliphatic carbocycles. The Labute approximate surface area is 215 Å². The van der Waals surface area contributed by atoms with Crippen molar-refractivity contribution in [1.29, 1.82) is 0 Å². The van der Waals surface area contributed by atoms with E-state index in [9.17, 15) is 5.11 Å². The van der Waals surface area contributed by atoms with Gasteiger partial charge in [-0.2, -0.15) is 0 Å². The number of aromatic hydroxyl groups is 1. The molecule has 0 atom stereocenters. The van der Waals surface area contributed by atoms with Gasteiger partial charge in [-0.05, 0) is 76.1 Å². The van der Waals surface area contributed by atoms with Gasteiger partial charge in [0.15, 0.2) is 0 Å². The second-order valence-corrected chi connectivity index (χ2v) is 9.64. The summed E-state index contributed by atoms with van der Waals surface area (Å²) in [5, 5.41) is 15.5. The van der Waals surface area contributed by atoms with Gasteiger partial charge in [0.1, 0.15) is 11.3 Å². The van der Waals surface area contributed by atoms with Gasteiger partial charge in [-0.1, -0.05) is 39.3 Å². The molecule has 7 heteroatoms. The average molecular weight is 498 g/mol. The molecule has 2 heterocycles. The second kappa shape index (κ2) is 13.6. The molecule has 0 saturated carbocycles. The molecular weight excluding hydrogens is 458 g/mol. The topological polar surface area (TPSA) is 64.5 Å². The third-order valence-corrected chi connectivity index (χ3v) is 6.24. The van der Waals surface area contributed by atoms with Crippen molar-refractivity contribution in [2.75, 3.05) is 31.5 Å². The zero-order chi connectivity index (χ0) is 25.2. The number of benzene rings is 1. The van der Waals surface area contributed by atoms with Crippen molar-refractivity contribution in [2.45, 2.75) is 66.5 Å². The number of nitrogens with zero attached hydrogens (tertiary/aromatic N) is 4. The van der Waals surface area contributed by atoms with Gasteiger partial charge in [0, 0.05) is 42.3 Å². The molecule has 190 valence electrons. The van der Waals surface area contributed by atoms with Crippen molar-refractivity contribution in [1.82, 2.24) is 19.8 Å². The lowest BCUT2D eigenvalue weighted by atomic mass is 10.0. The summed E-state index contributed by atoms with van der Waals surface area (Å²) in [5.74, 6) is 0.412. The van der Waals surface area contributed by atoms with Crippen LogP contribution in [0.3, 0.4) is 0 Å². The molecule has 0 aliphatic heterocycles. The highest BCUT2D eigenvalue weighted by atomic mass is 35.5. The number of phenolic OH excluding ortho intramolecular Hbond substituents is 1. The Hall–Kier alpha value is -2.41. The molecule has 0 aliphatic rings. The summed E-state index contributed by atoms with van der Waals surface area (Å²) in [6.45, 7) is 14.3. The molecule has 0 bridgehead atoms. The molecule has 1 aromatic carbocycles. The Morgan fingerprint density at radius 2 is 1.37 bits per heavy atom. The van der Waals surface area contributed by atoms with Gasteiger partial charge in [0.05, 0.1) is 16.2 Å².